The number of sulfone groups is 1. The van der Waals surface area contributed by atoms with Crippen LogP contribution in [0, 0.1) is 0 Å². The summed E-state index contributed by atoms with van der Waals surface area (Å²) in [6.07, 6.45) is -0.164. The first-order valence-electron chi connectivity index (χ1n) is 7.46. The third-order valence-corrected chi connectivity index (χ3v) is 7.04. The lowest BCUT2D eigenvalue weighted by atomic mass is 10.2. The molecule has 124 valence electrons. The predicted molar refractivity (Wildman–Crippen MR) is 90.6 cm³/mol. The van der Waals surface area contributed by atoms with Gasteiger partial charge < -0.3 is 5.11 Å². The number of nitrogens with zero attached hydrogens (tertiary/aromatic N) is 2. The molecule has 1 N–H and O–H groups in total. The Labute approximate surface area is 138 Å². The molecule has 1 fully saturated rings. The Hall–Kier alpha value is -1.38. The number of fused-ring (bicyclic) bond motifs is 1. The van der Waals surface area contributed by atoms with Gasteiger partial charge in [0, 0.05) is 6.54 Å². The Morgan fingerprint density at radius 2 is 2.09 bits per heavy atom. The number of aliphatic hydroxyl groups is 1. The van der Waals surface area contributed by atoms with Crippen molar-refractivity contribution in [2.75, 3.05) is 11.5 Å². The van der Waals surface area contributed by atoms with E-state index >= 15 is 0 Å². The number of aliphatic hydroxyl groups excluding tert-OH is 1. The summed E-state index contributed by atoms with van der Waals surface area (Å²) in [6.45, 7) is 2.47. The van der Waals surface area contributed by atoms with Crippen molar-refractivity contribution in [1.82, 2.24) is 9.55 Å². The predicted octanol–water partition coefficient (Wildman–Crippen LogP) is 1.06. The normalized spacial score (nSPS) is 23.4. The van der Waals surface area contributed by atoms with E-state index in [0.29, 0.717) is 22.6 Å². The molecular weight excluding hydrogens is 336 g/mol. The molecule has 0 amide bonds. The molecule has 0 aliphatic carbocycles. The maximum atomic E-state index is 12.7. The van der Waals surface area contributed by atoms with Crippen molar-refractivity contribution < 1.29 is 13.5 Å². The van der Waals surface area contributed by atoms with Crippen LogP contribution in [0.1, 0.15) is 13.3 Å². The summed E-state index contributed by atoms with van der Waals surface area (Å²) in [4.78, 5) is 17.2. The molecule has 1 saturated heterocycles. The highest BCUT2D eigenvalue weighted by Gasteiger charge is 2.38. The fourth-order valence-electron chi connectivity index (χ4n) is 2.70. The molecule has 0 radical (unpaired) electrons. The number of aromatic nitrogens is 2. The maximum Gasteiger partial charge on any atom is 0.262 e. The van der Waals surface area contributed by atoms with E-state index in [9.17, 15) is 18.3 Å². The van der Waals surface area contributed by atoms with Crippen LogP contribution in [0.3, 0.4) is 0 Å². The fourth-order valence-corrected chi connectivity index (χ4v) is 6.31. The summed E-state index contributed by atoms with van der Waals surface area (Å²) >= 11 is 1.18. The lowest BCUT2D eigenvalue weighted by Gasteiger charge is -2.16. The highest BCUT2D eigenvalue weighted by molar-refractivity contribution is 8.01. The average Bonchev–Trinajstić information content (AvgIpc) is 2.75. The van der Waals surface area contributed by atoms with Crippen molar-refractivity contribution in [3.8, 4) is 0 Å². The molecule has 3 rings (SSSR count). The molecule has 8 heteroatoms. The molecule has 1 aromatic carbocycles. The van der Waals surface area contributed by atoms with Crippen molar-refractivity contribution in [2.45, 2.75) is 36.4 Å². The summed E-state index contributed by atoms with van der Waals surface area (Å²) < 4.78 is 24.9. The summed E-state index contributed by atoms with van der Waals surface area (Å²) in [5.41, 5.74) is 0.456. The van der Waals surface area contributed by atoms with E-state index in [0.717, 1.165) is 6.42 Å². The van der Waals surface area contributed by atoms with Gasteiger partial charge in [0.25, 0.3) is 5.56 Å². The molecule has 1 aromatic heterocycles. The SMILES string of the molecule is CCCn1c(S[C@H]2CS(=O)(=O)C[C@@H]2O)nc2ccccc2c1=O. The van der Waals surface area contributed by atoms with E-state index in [1.165, 1.54) is 11.8 Å². The van der Waals surface area contributed by atoms with Crippen LogP contribution in [-0.2, 0) is 16.4 Å². The van der Waals surface area contributed by atoms with Gasteiger partial charge in [0.15, 0.2) is 15.0 Å². The molecule has 6 nitrogen and oxygen atoms in total. The summed E-state index contributed by atoms with van der Waals surface area (Å²) in [7, 11) is -3.23. The molecule has 2 atom stereocenters. The van der Waals surface area contributed by atoms with Crippen LogP contribution in [0.5, 0.6) is 0 Å². The zero-order chi connectivity index (χ0) is 16.6. The average molecular weight is 354 g/mol. The first kappa shape index (κ1) is 16.5. The van der Waals surface area contributed by atoms with Gasteiger partial charge in [-0.05, 0) is 18.6 Å². The van der Waals surface area contributed by atoms with Gasteiger partial charge in [-0.2, -0.15) is 0 Å². The first-order chi connectivity index (χ1) is 10.9. The number of rotatable bonds is 4. The Morgan fingerprint density at radius 3 is 2.74 bits per heavy atom. The molecule has 2 aromatic rings. The number of hydrogen-bond donors (Lipinski definition) is 1. The van der Waals surface area contributed by atoms with Gasteiger partial charge in [-0.25, -0.2) is 13.4 Å². The summed E-state index contributed by atoms with van der Waals surface area (Å²) in [5, 5.41) is 10.5. The van der Waals surface area contributed by atoms with E-state index < -0.39 is 21.2 Å². The van der Waals surface area contributed by atoms with Gasteiger partial charge in [0.1, 0.15) is 0 Å². The van der Waals surface area contributed by atoms with Gasteiger partial charge in [0.2, 0.25) is 0 Å². The number of benzene rings is 1. The number of hydrogen-bond acceptors (Lipinski definition) is 6. The molecule has 1 aliphatic heterocycles. The third kappa shape index (κ3) is 3.29. The Balaban J connectivity index is 2.06. The van der Waals surface area contributed by atoms with Gasteiger partial charge in [-0.15, -0.1) is 0 Å². The van der Waals surface area contributed by atoms with E-state index in [4.69, 9.17) is 0 Å². The van der Waals surface area contributed by atoms with E-state index in [2.05, 4.69) is 4.98 Å². The minimum Gasteiger partial charge on any atom is -0.391 e. The molecule has 0 saturated carbocycles. The topological polar surface area (TPSA) is 89.3 Å². The van der Waals surface area contributed by atoms with Crippen LogP contribution in [0.4, 0.5) is 0 Å². The smallest absolute Gasteiger partial charge is 0.262 e. The van der Waals surface area contributed by atoms with E-state index in [1.54, 1.807) is 22.8 Å². The summed E-state index contributed by atoms with van der Waals surface area (Å²) in [6, 6.07) is 7.10. The first-order valence-corrected chi connectivity index (χ1v) is 10.2. The van der Waals surface area contributed by atoms with Crippen LogP contribution < -0.4 is 5.56 Å². The molecule has 1 aliphatic rings. The molecule has 0 unspecified atom stereocenters. The van der Waals surface area contributed by atoms with E-state index in [1.807, 2.05) is 13.0 Å². The highest BCUT2D eigenvalue weighted by atomic mass is 32.2. The Bertz CT molecular complexity index is 892. The molecule has 2 heterocycles. The quantitative estimate of drug-likeness (QED) is 0.826. The standard InChI is InChI=1S/C15H18N2O4S2/c1-2-7-17-14(19)10-5-3-4-6-11(10)16-15(17)22-13-9-23(20,21)8-12(13)18/h3-6,12-13,18H,2,7-9H2,1H3/t12-,13-/m0/s1. The van der Waals surface area contributed by atoms with Crippen molar-refractivity contribution in [3.05, 3.63) is 34.6 Å². The molecule has 0 bridgehead atoms. The second kappa shape index (κ2) is 6.26. The second-order valence-corrected chi connectivity index (χ2v) is 9.03. The van der Waals surface area contributed by atoms with Gasteiger partial charge in [-0.1, -0.05) is 30.8 Å². The molecular formula is C15H18N2O4S2. The van der Waals surface area contributed by atoms with Crippen LogP contribution in [0.15, 0.2) is 34.2 Å². The Morgan fingerprint density at radius 1 is 1.35 bits per heavy atom. The minimum atomic E-state index is -3.23. The maximum absolute atomic E-state index is 12.7. The van der Waals surface area contributed by atoms with Crippen molar-refractivity contribution in [2.24, 2.45) is 0 Å². The van der Waals surface area contributed by atoms with Crippen molar-refractivity contribution in [3.63, 3.8) is 0 Å². The largest absolute Gasteiger partial charge is 0.391 e. The zero-order valence-electron chi connectivity index (χ0n) is 12.7. The monoisotopic (exact) mass is 354 g/mol. The highest BCUT2D eigenvalue weighted by Crippen LogP contribution is 2.30. The van der Waals surface area contributed by atoms with Crippen LogP contribution in [0.25, 0.3) is 10.9 Å². The van der Waals surface area contributed by atoms with Gasteiger partial charge in [-0.3, -0.25) is 9.36 Å². The van der Waals surface area contributed by atoms with Crippen molar-refractivity contribution >= 4 is 32.5 Å². The summed E-state index contributed by atoms with van der Waals surface area (Å²) in [5.74, 6) is -0.316. The number of thioether (sulfide) groups is 1. The fraction of sp³-hybridized carbons (Fsp3) is 0.467. The third-order valence-electron chi connectivity index (χ3n) is 3.80. The van der Waals surface area contributed by atoms with Crippen LogP contribution in [-0.4, -0.2) is 45.9 Å². The van der Waals surface area contributed by atoms with Crippen molar-refractivity contribution in [1.29, 1.82) is 0 Å². The van der Waals surface area contributed by atoms with Crippen LogP contribution >= 0.6 is 11.8 Å². The minimum absolute atomic E-state index is 0.0896. The lowest BCUT2D eigenvalue weighted by molar-refractivity contribution is 0.207. The second-order valence-electron chi connectivity index (χ2n) is 5.67. The Kier molecular flexibility index (Phi) is 4.48. The number of para-hydroxylation sites is 1. The molecule has 23 heavy (non-hydrogen) atoms. The van der Waals surface area contributed by atoms with Gasteiger partial charge in [0.05, 0.1) is 33.8 Å². The van der Waals surface area contributed by atoms with Gasteiger partial charge >= 0.3 is 0 Å². The molecule has 0 spiro atoms. The van der Waals surface area contributed by atoms with E-state index in [-0.39, 0.29) is 17.1 Å². The van der Waals surface area contributed by atoms with Crippen LogP contribution in [0.2, 0.25) is 0 Å². The lowest BCUT2D eigenvalue weighted by Crippen LogP contribution is -2.26. The zero-order valence-corrected chi connectivity index (χ0v) is 14.3.